The van der Waals surface area contributed by atoms with Crippen LogP contribution in [0.1, 0.15) is 136 Å². The number of aliphatic imine (C=N–C) groups is 1. The summed E-state index contributed by atoms with van der Waals surface area (Å²) >= 11 is 0. The Morgan fingerprint density at radius 2 is 1.35 bits per heavy atom. The van der Waals surface area contributed by atoms with Gasteiger partial charge in [0.05, 0.1) is 18.8 Å². The minimum Gasteiger partial charge on any atom is -0.465 e. The maximum atomic E-state index is 13.0. The molecule has 0 radical (unpaired) electrons. The lowest BCUT2D eigenvalue weighted by atomic mass is 9.76. The average Bonchev–Trinajstić information content (AvgIpc) is 2.93. The second-order valence-corrected chi connectivity index (χ2v) is 11.2. The van der Waals surface area contributed by atoms with E-state index in [2.05, 4.69) is 28.9 Å². The molecule has 1 aromatic heterocycles. The SMILES string of the molecule is CCCCCCCCCCCCCCCC[n+]1cccc(C2C(C(=O)OCC)=C(C)N=C(C)C2C(=O)OCC)c1. The van der Waals surface area contributed by atoms with Crippen LogP contribution in [0.15, 0.2) is 40.8 Å². The fourth-order valence-corrected chi connectivity index (χ4v) is 5.76. The lowest BCUT2D eigenvalue weighted by Crippen LogP contribution is -2.39. The molecule has 0 amide bonds. The first-order valence-electron chi connectivity index (χ1n) is 16.0. The molecule has 1 aliphatic rings. The van der Waals surface area contributed by atoms with E-state index in [0.29, 0.717) is 17.0 Å². The first kappa shape index (κ1) is 33.7. The zero-order valence-electron chi connectivity index (χ0n) is 26.0. The summed E-state index contributed by atoms with van der Waals surface area (Å²) in [6.07, 6.45) is 22.9. The van der Waals surface area contributed by atoms with Crippen molar-refractivity contribution in [2.45, 2.75) is 137 Å². The molecule has 224 valence electrons. The predicted octanol–water partition coefficient (Wildman–Crippen LogP) is 8.03. The van der Waals surface area contributed by atoms with Crippen molar-refractivity contribution in [3.05, 3.63) is 41.4 Å². The summed E-state index contributed by atoms with van der Waals surface area (Å²) in [4.78, 5) is 30.6. The molecule has 2 rings (SSSR count). The van der Waals surface area contributed by atoms with Crippen LogP contribution in [-0.2, 0) is 25.6 Å². The van der Waals surface area contributed by atoms with Crippen molar-refractivity contribution >= 4 is 17.7 Å². The highest BCUT2D eigenvalue weighted by Gasteiger charge is 2.43. The van der Waals surface area contributed by atoms with Gasteiger partial charge in [0.1, 0.15) is 12.5 Å². The summed E-state index contributed by atoms with van der Waals surface area (Å²) in [7, 11) is 0. The molecule has 1 aromatic rings. The van der Waals surface area contributed by atoms with Crippen molar-refractivity contribution in [1.82, 2.24) is 0 Å². The van der Waals surface area contributed by atoms with Gasteiger partial charge >= 0.3 is 11.9 Å². The average molecular weight is 556 g/mol. The lowest BCUT2D eigenvalue weighted by molar-refractivity contribution is -0.697. The van der Waals surface area contributed by atoms with E-state index in [-0.39, 0.29) is 19.2 Å². The summed E-state index contributed by atoms with van der Waals surface area (Å²) in [6, 6.07) is 3.99. The number of ether oxygens (including phenoxy) is 2. The zero-order chi connectivity index (χ0) is 29.2. The minimum atomic E-state index is -0.653. The van der Waals surface area contributed by atoms with Gasteiger partial charge in [-0.05, 0) is 40.2 Å². The molecule has 6 nitrogen and oxygen atoms in total. The number of pyridine rings is 1. The number of hydrogen-bond donors (Lipinski definition) is 0. The summed E-state index contributed by atoms with van der Waals surface area (Å²) in [5.41, 5.74) is 2.61. The first-order chi connectivity index (χ1) is 19.4. The van der Waals surface area contributed by atoms with Crippen LogP contribution >= 0.6 is 0 Å². The topological polar surface area (TPSA) is 68.8 Å². The highest BCUT2D eigenvalue weighted by Crippen LogP contribution is 2.39. The van der Waals surface area contributed by atoms with Gasteiger partial charge < -0.3 is 9.47 Å². The van der Waals surface area contributed by atoms with E-state index in [1.165, 1.54) is 83.5 Å². The molecular weight excluding hydrogens is 500 g/mol. The summed E-state index contributed by atoms with van der Waals surface area (Å²) in [5, 5.41) is 0. The van der Waals surface area contributed by atoms with Crippen molar-refractivity contribution in [1.29, 1.82) is 0 Å². The molecule has 0 spiro atoms. The van der Waals surface area contributed by atoms with Crippen molar-refractivity contribution in [2.24, 2.45) is 10.9 Å². The molecule has 2 heterocycles. The van der Waals surface area contributed by atoms with E-state index in [0.717, 1.165) is 18.5 Å². The van der Waals surface area contributed by atoms with Crippen molar-refractivity contribution in [3.8, 4) is 0 Å². The van der Waals surface area contributed by atoms with Gasteiger partial charge in [-0.2, -0.15) is 0 Å². The van der Waals surface area contributed by atoms with E-state index in [9.17, 15) is 9.59 Å². The summed E-state index contributed by atoms with van der Waals surface area (Å²) < 4.78 is 13.0. The Bertz CT molecular complexity index is 968. The monoisotopic (exact) mass is 555 g/mol. The number of esters is 2. The van der Waals surface area contributed by atoms with Crippen LogP contribution in [0.25, 0.3) is 0 Å². The van der Waals surface area contributed by atoms with E-state index in [1.54, 1.807) is 13.8 Å². The first-order valence-corrected chi connectivity index (χ1v) is 16.0. The van der Waals surface area contributed by atoms with Crippen molar-refractivity contribution in [3.63, 3.8) is 0 Å². The third-order valence-electron chi connectivity index (χ3n) is 7.87. The smallest absolute Gasteiger partial charge is 0.336 e. The molecule has 0 saturated carbocycles. The van der Waals surface area contributed by atoms with Crippen LogP contribution in [0, 0.1) is 5.92 Å². The van der Waals surface area contributed by atoms with Gasteiger partial charge in [-0.1, -0.05) is 84.0 Å². The molecule has 0 N–H and O–H groups in total. The standard InChI is InChI=1S/C34H55N2O4/c1-6-9-10-11-12-13-14-15-16-17-18-19-20-21-24-36-25-22-23-29(26-36)32-30(33(37)39-7-2)27(4)35-28(5)31(32)34(38)40-8-3/h22-23,25-26,30,32H,6-21,24H2,1-5H3/q+1. The van der Waals surface area contributed by atoms with Crippen LogP contribution in [0.2, 0.25) is 0 Å². The summed E-state index contributed by atoms with van der Waals surface area (Å²) in [5.74, 6) is -1.91. The molecule has 0 aromatic carbocycles. The Hall–Kier alpha value is -2.50. The fourth-order valence-electron chi connectivity index (χ4n) is 5.76. The third kappa shape index (κ3) is 11.2. The number of rotatable bonds is 20. The Labute approximate surface area is 243 Å². The number of allylic oxidation sites excluding steroid dienone is 1. The van der Waals surface area contributed by atoms with Gasteiger partial charge in [-0.15, -0.1) is 0 Å². The number of hydrogen-bond acceptors (Lipinski definition) is 5. The number of aromatic nitrogens is 1. The zero-order valence-corrected chi connectivity index (χ0v) is 26.0. The lowest BCUT2D eigenvalue weighted by Gasteiger charge is -2.30. The number of aryl methyl sites for hydroxylation is 1. The molecule has 2 unspecified atom stereocenters. The van der Waals surface area contributed by atoms with Crippen LogP contribution < -0.4 is 4.57 Å². The third-order valence-corrected chi connectivity index (χ3v) is 7.87. The van der Waals surface area contributed by atoms with Gasteiger partial charge in [-0.25, -0.2) is 9.36 Å². The van der Waals surface area contributed by atoms with Gasteiger partial charge in [-0.3, -0.25) is 9.79 Å². The maximum Gasteiger partial charge on any atom is 0.336 e. The normalized spacial score (nSPS) is 17.1. The molecule has 40 heavy (non-hydrogen) atoms. The molecule has 0 fully saturated rings. The predicted molar refractivity (Wildman–Crippen MR) is 162 cm³/mol. The molecule has 0 saturated heterocycles. The van der Waals surface area contributed by atoms with Crippen LogP contribution in [0.3, 0.4) is 0 Å². The van der Waals surface area contributed by atoms with Gasteiger partial charge in [0.15, 0.2) is 12.4 Å². The van der Waals surface area contributed by atoms with E-state index >= 15 is 0 Å². The molecule has 1 aliphatic heterocycles. The van der Waals surface area contributed by atoms with E-state index < -0.39 is 17.8 Å². The van der Waals surface area contributed by atoms with Gasteiger partial charge in [0.2, 0.25) is 0 Å². The quantitative estimate of drug-likeness (QED) is 0.0928. The van der Waals surface area contributed by atoms with Crippen LogP contribution in [0.4, 0.5) is 0 Å². The van der Waals surface area contributed by atoms with Crippen LogP contribution in [0.5, 0.6) is 0 Å². The Balaban J connectivity index is 1.89. The minimum absolute atomic E-state index is 0.267. The highest BCUT2D eigenvalue weighted by atomic mass is 16.5. The second-order valence-electron chi connectivity index (χ2n) is 11.2. The fraction of sp³-hybridized carbons (Fsp3) is 0.706. The molecule has 2 atom stereocenters. The Morgan fingerprint density at radius 3 is 1.90 bits per heavy atom. The number of carbonyl (C=O) groups is 2. The van der Waals surface area contributed by atoms with Gasteiger partial charge in [0, 0.05) is 35.4 Å². The van der Waals surface area contributed by atoms with Crippen LogP contribution in [-0.4, -0.2) is 30.9 Å². The van der Waals surface area contributed by atoms with Gasteiger partial charge in [0.25, 0.3) is 0 Å². The number of nitrogens with zero attached hydrogens (tertiary/aromatic N) is 2. The largest absolute Gasteiger partial charge is 0.465 e. The Morgan fingerprint density at radius 1 is 0.800 bits per heavy atom. The second kappa shape index (κ2) is 19.6. The number of unbranched alkanes of at least 4 members (excludes halogenated alkanes) is 13. The highest BCUT2D eigenvalue weighted by molar-refractivity contribution is 6.06. The Kier molecular flexibility index (Phi) is 16.5. The van der Waals surface area contributed by atoms with Crippen molar-refractivity contribution < 1.29 is 23.6 Å². The molecule has 6 heteroatoms. The molecule has 0 bridgehead atoms. The van der Waals surface area contributed by atoms with E-state index in [1.807, 2.05) is 26.0 Å². The molecule has 0 aliphatic carbocycles. The number of carbonyl (C=O) groups excluding carboxylic acids is 2. The summed E-state index contributed by atoms with van der Waals surface area (Å²) in [6.45, 7) is 11.0. The van der Waals surface area contributed by atoms with E-state index in [4.69, 9.17) is 9.47 Å². The maximum absolute atomic E-state index is 13.0. The van der Waals surface area contributed by atoms with Crippen molar-refractivity contribution in [2.75, 3.05) is 13.2 Å². The molecular formula is C34H55N2O4+.